The van der Waals surface area contributed by atoms with Crippen molar-refractivity contribution in [1.29, 1.82) is 0 Å². The van der Waals surface area contributed by atoms with Crippen LogP contribution in [-0.2, 0) is 4.79 Å². The molecule has 0 aromatic carbocycles. The summed E-state index contributed by atoms with van der Waals surface area (Å²) >= 11 is 4.95. The Bertz CT molecular complexity index is 219. The lowest BCUT2D eigenvalue weighted by Crippen LogP contribution is -2.56. The van der Waals surface area contributed by atoms with Crippen LogP contribution in [0.25, 0.3) is 0 Å². The van der Waals surface area contributed by atoms with Gasteiger partial charge in [0.1, 0.15) is 6.04 Å². The van der Waals surface area contributed by atoms with Gasteiger partial charge in [-0.3, -0.25) is 0 Å². The van der Waals surface area contributed by atoms with Gasteiger partial charge >= 0.3 is 5.97 Å². The van der Waals surface area contributed by atoms with Crippen LogP contribution in [0.4, 0.5) is 0 Å². The highest BCUT2D eigenvalue weighted by Crippen LogP contribution is 2.12. The first-order chi connectivity index (χ1) is 5.52. The fourth-order valence-electron chi connectivity index (χ4n) is 1.27. The van der Waals surface area contributed by atoms with E-state index in [-0.39, 0.29) is 6.04 Å². The van der Waals surface area contributed by atoms with Crippen LogP contribution in [0.1, 0.15) is 13.3 Å². The van der Waals surface area contributed by atoms with Crippen molar-refractivity contribution in [1.82, 2.24) is 10.2 Å². The first kappa shape index (κ1) is 9.25. The topological polar surface area (TPSA) is 52.6 Å². The molecule has 0 aromatic rings. The van der Waals surface area contributed by atoms with Gasteiger partial charge in [0.05, 0.1) is 0 Å². The van der Waals surface area contributed by atoms with Gasteiger partial charge in [-0.25, -0.2) is 4.79 Å². The molecule has 0 unspecified atom stereocenters. The minimum absolute atomic E-state index is 0.148. The number of hydrogen-bond acceptors (Lipinski definition) is 2. The number of rotatable bonds is 1. The molecule has 0 amide bonds. The van der Waals surface area contributed by atoms with Gasteiger partial charge in [-0.1, -0.05) is 0 Å². The molecule has 1 aliphatic rings. The summed E-state index contributed by atoms with van der Waals surface area (Å²) in [6, 6.07) is -0.330. The Morgan fingerprint density at radius 3 is 2.92 bits per heavy atom. The van der Waals surface area contributed by atoms with E-state index in [0.29, 0.717) is 11.5 Å². The molecule has 1 heterocycles. The zero-order valence-electron chi connectivity index (χ0n) is 7.07. The first-order valence-electron chi connectivity index (χ1n) is 3.78. The predicted molar refractivity (Wildman–Crippen MR) is 49.0 cm³/mol. The van der Waals surface area contributed by atoms with Crippen LogP contribution < -0.4 is 5.32 Å². The Kier molecular flexibility index (Phi) is 2.52. The fraction of sp³-hybridized carbons (Fsp3) is 0.714. The molecule has 1 aliphatic heterocycles. The van der Waals surface area contributed by atoms with Gasteiger partial charge < -0.3 is 15.3 Å². The Labute approximate surface area is 76.5 Å². The smallest absolute Gasteiger partial charge is 0.326 e. The zero-order chi connectivity index (χ0) is 9.30. The summed E-state index contributed by atoms with van der Waals surface area (Å²) < 4.78 is 0. The summed E-state index contributed by atoms with van der Waals surface area (Å²) in [5, 5.41) is 12.3. The van der Waals surface area contributed by atoms with Crippen molar-refractivity contribution in [3.05, 3.63) is 0 Å². The molecule has 1 saturated heterocycles. The van der Waals surface area contributed by atoms with Gasteiger partial charge in [0.25, 0.3) is 0 Å². The highest BCUT2D eigenvalue weighted by atomic mass is 32.1. The molecular weight excluding hydrogens is 176 g/mol. The summed E-state index contributed by atoms with van der Waals surface area (Å²) in [7, 11) is 1.69. The average molecular weight is 188 g/mol. The first-order valence-corrected chi connectivity index (χ1v) is 4.19. The van der Waals surface area contributed by atoms with E-state index < -0.39 is 12.0 Å². The van der Waals surface area contributed by atoms with Crippen molar-refractivity contribution in [3.8, 4) is 0 Å². The van der Waals surface area contributed by atoms with Crippen LogP contribution in [-0.4, -0.2) is 40.2 Å². The van der Waals surface area contributed by atoms with E-state index in [0.717, 1.165) is 0 Å². The zero-order valence-corrected chi connectivity index (χ0v) is 7.89. The molecule has 1 rings (SSSR count). The Balaban J connectivity index is 2.73. The third-order valence-corrected chi connectivity index (χ3v) is 2.43. The molecule has 0 saturated carbocycles. The highest BCUT2D eigenvalue weighted by molar-refractivity contribution is 7.80. The molecule has 5 heteroatoms. The summed E-state index contributed by atoms with van der Waals surface area (Å²) in [5.74, 6) is -0.812. The van der Waals surface area contributed by atoms with Crippen molar-refractivity contribution in [2.75, 3.05) is 7.05 Å². The maximum Gasteiger partial charge on any atom is 0.326 e. The SMILES string of the molecule is C[C@H]1C[C@@H](C(=O)O)N(C)C(=S)N1. The molecule has 0 spiro atoms. The summed E-state index contributed by atoms with van der Waals surface area (Å²) in [4.78, 5) is 12.3. The number of carboxylic acids is 1. The second-order valence-electron chi connectivity index (χ2n) is 3.05. The lowest BCUT2D eigenvalue weighted by Gasteiger charge is -2.36. The monoisotopic (exact) mass is 188 g/mol. The van der Waals surface area contributed by atoms with Gasteiger partial charge in [0.2, 0.25) is 0 Å². The Hall–Kier alpha value is -0.840. The molecule has 0 aliphatic carbocycles. The number of hydrogen-bond donors (Lipinski definition) is 2. The minimum atomic E-state index is -0.812. The predicted octanol–water partition coefficient (Wildman–Crippen LogP) is 0.0381. The van der Waals surface area contributed by atoms with Crippen LogP contribution in [0.2, 0.25) is 0 Å². The lowest BCUT2D eigenvalue weighted by atomic mass is 10.1. The number of carbonyl (C=O) groups is 1. The molecule has 0 radical (unpaired) electrons. The lowest BCUT2D eigenvalue weighted by molar-refractivity contribution is -0.142. The maximum absolute atomic E-state index is 10.7. The average Bonchev–Trinajstić information content (AvgIpc) is 1.96. The molecule has 12 heavy (non-hydrogen) atoms. The van der Waals surface area contributed by atoms with E-state index in [4.69, 9.17) is 17.3 Å². The van der Waals surface area contributed by atoms with E-state index in [1.54, 1.807) is 11.9 Å². The molecule has 0 aromatic heterocycles. The van der Waals surface area contributed by atoms with E-state index in [1.807, 2.05) is 6.92 Å². The molecule has 1 fully saturated rings. The molecule has 2 N–H and O–H groups in total. The number of thiocarbonyl (C=S) groups is 1. The number of aliphatic carboxylic acids is 1. The van der Waals surface area contributed by atoms with Crippen molar-refractivity contribution in [2.24, 2.45) is 0 Å². The number of carboxylic acid groups (broad SMARTS) is 1. The molecule has 0 bridgehead atoms. The van der Waals surface area contributed by atoms with Crippen LogP contribution in [0, 0.1) is 0 Å². The van der Waals surface area contributed by atoms with Crippen molar-refractivity contribution in [2.45, 2.75) is 25.4 Å². The van der Waals surface area contributed by atoms with Gasteiger partial charge in [-0.2, -0.15) is 0 Å². The molecular formula is C7H12N2O2S. The largest absolute Gasteiger partial charge is 0.480 e. The number of nitrogens with one attached hydrogen (secondary N) is 1. The van der Waals surface area contributed by atoms with Gasteiger partial charge in [-0.05, 0) is 25.6 Å². The van der Waals surface area contributed by atoms with E-state index in [1.165, 1.54) is 0 Å². The Morgan fingerprint density at radius 1 is 1.83 bits per heavy atom. The fourth-order valence-corrected chi connectivity index (χ4v) is 1.60. The minimum Gasteiger partial charge on any atom is -0.480 e. The second-order valence-corrected chi connectivity index (χ2v) is 3.44. The van der Waals surface area contributed by atoms with Gasteiger partial charge in [-0.15, -0.1) is 0 Å². The molecule has 68 valence electrons. The van der Waals surface area contributed by atoms with Crippen LogP contribution >= 0.6 is 12.2 Å². The number of likely N-dealkylation sites (N-methyl/N-ethyl adjacent to an activating group) is 1. The van der Waals surface area contributed by atoms with Gasteiger partial charge in [0.15, 0.2) is 5.11 Å². The van der Waals surface area contributed by atoms with E-state index in [2.05, 4.69) is 5.32 Å². The van der Waals surface area contributed by atoms with E-state index in [9.17, 15) is 4.79 Å². The van der Waals surface area contributed by atoms with Crippen molar-refractivity contribution >= 4 is 23.3 Å². The Morgan fingerprint density at radius 2 is 2.42 bits per heavy atom. The third-order valence-electron chi connectivity index (χ3n) is 2.02. The molecule has 4 nitrogen and oxygen atoms in total. The summed E-state index contributed by atoms with van der Waals surface area (Å²) in [6.07, 6.45) is 0.589. The second kappa shape index (κ2) is 3.26. The highest BCUT2D eigenvalue weighted by Gasteiger charge is 2.31. The van der Waals surface area contributed by atoms with Crippen molar-refractivity contribution in [3.63, 3.8) is 0 Å². The van der Waals surface area contributed by atoms with Crippen LogP contribution in [0.5, 0.6) is 0 Å². The summed E-state index contributed by atoms with van der Waals surface area (Å²) in [6.45, 7) is 1.93. The quantitative estimate of drug-likeness (QED) is 0.569. The van der Waals surface area contributed by atoms with Crippen LogP contribution in [0.3, 0.4) is 0 Å². The van der Waals surface area contributed by atoms with Crippen molar-refractivity contribution < 1.29 is 9.90 Å². The summed E-state index contributed by atoms with van der Waals surface area (Å²) in [5.41, 5.74) is 0. The maximum atomic E-state index is 10.7. The normalized spacial score (nSPS) is 29.8. The van der Waals surface area contributed by atoms with Gasteiger partial charge in [0, 0.05) is 13.1 Å². The van der Waals surface area contributed by atoms with Crippen LogP contribution in [0.15, 0.2) is 0 Å². The van der Waals surface area contributed by atoms with E-state index >= 15 is 0 Å². The number of nitrogens with zero attached hydrogens (tertiary/aromatic N) is 1. The molecule has 2 atom stereocenters. The third kappa shape index (κ3) is 1.66. The standard InChI is InChI=1S/C7H12N2O2S/c1-4-3-5(6(10)11)9(2)7(12)8-4/h4-5H,3H2,1-2H3,(H,8,12)(H,10,11)/t4-,5-/m0/s1.